The minimum Gasteiger partial charge on any atom is -0.383 e. The first-order chi connectivity index (χ1) is 10.1. The molecule has 21 heavy (non-hydrogen) atoms. The second kappa shape index (κ2) is 7.61. The highest BCUT2D eigenvalue weighted by Crippen LogP contribution is 2.40. The Hall–Kier alpha value is -0.580. The maximum absolute atomic E-state index is 6.44. The topological polar surface area (TPSA) is 39.1 Å². The van der Waals surface area contributed by atoms with Crippen molar-refractivity contribution in [1.82, 2.24) is 15.1 Å². The number of hydrogen-bond acceptors (Lipinski definition) is 3. The van der Waals surface area contributed by atoms with Crippen molar-refractivity contribution >= 4 is 11.6 Å². The highest BCUT2D eigenvalue weighted by Gasteiger charge is 2.33. The molecule has 1 aromatic heterocycles. The summed E-state index contributed by atoms with van der Waals surface area (Å²) in [4.78, 5) is 0. The third-order valence-electron chi connectivity index (χ3n) is 4.72. The Bertz CT molecular complexity index is 453. The van der Waals surface area contributed by atoms with Gasteiger partial charge in [0.2, 0.25) is 0 Å². The van der Waals surface area contributed by atoms with E-state index in [1.165, 1.54) is 37.7 Å². The van der Waals surface area contributed by atoms with Crippen LogP contribution in [0.2, 0.25) is 5.15 Å². The maximum atomic E-state index is 6.44. The number of aromatic nitrogens is 2. The van der Waals surface area contributed by atoms with E-state index in [0.29, 0.717) is 5.41 Å². The molecule has 0 aromatic carbocycles. The zero-order valence-electron chi connectivity index (χ0n) is 13.5. The first-order valence-electron chi connectivity index (χ1n) is 7.96. The number of methoxy groups -OCH3 is 1. The predicted molar refractivity (Wildman–Crippen MR) is 86.9 cm³/mol. The fourth-order valence-corrected chi connectivity index (χ4v) is 3.74. The van der Waals surface area contributed by atoms with E-state index in [4.69, 9.17) is 16.3 Å². The van der Waals surface area contributed by atoms with E-state index in [1.807, 2.05) is 7.05 Å². The highest BCUT2D eigenvalue weighted by atomic mass is 35.5. The van der Waals surface area contributed by atoms with Gasteiger partial charge in [0, 0.05) is 32.8 Å². The Kier molecular flexibility index (Phi) is 6.08. The molecule has 0 saturated heterocycles. The summed E-state index contributed by atoms with van der Waals surface area (Å²) in [6, 6.07) is 0. The molecule has 1 aromatic rings. The molecule has 1 aliphatic rings. The second-order valence-corrected chi connectivity index (χ2v) is 6.74. The molecular weight excluding hydrogens is 286 g/mol. The monoisotopic (exact) mass is 313 g/mol. The predicted octanol–water partition coefficient (Wildman–Crippen LogP) is 3.11. The molecule has 0 radical (unpaired) electrons. The van der Waals surface area contributed by atoms with Crippen LogP contribution in [0.5, 0.6) is 0 Å². The molecular formula is C16H28ClN3O. The Morgan fingerprint density at radius 1 is 1.33 bits per heavy atom. The molecule has 1 saturated carbocycles. The first kappa shape index (κ1) is 16.8. The SMILES string of the molecule is COCCNCC1(Cc2c(C)nn(C)c2Cl)CCCCC1. The largest absolute Gasteiger partial charge is 0.383 e. The van der Waals surface area contributed by atoms with Gasteiger partial charge in [0.05, 0.1) is 12.3 Å². The Morgan fingerprint density at radius 2 is 2.05 bits per heavy atom. The van der Waals surface area contributed by atoms with Gasteiger partial charge in [-0.3, -0.25) is 4.68 Å². The molecule has 2 rings (SSSR count). The van der Waals surface area contributed by atoms with E-state index in [2.05, 4.69) is 17.3 Å². The summed E-state index contributed by atoms with van der Waals surface area (Å²) in [7, 11) is 3.67. The second-order valence-electron chi connectivity index (χ2n) is 6.39. The van der Waals surface area contributed by atoms with Crippen molar-refractivity contribution in [3.63, 3.8) is 0 Å². The van der Waals surface area contributed by atoms with Gasteiger partial charge in [-0.2, -0.15) is 5.10 Å². The van der Waals surface area contributed by atoms with Crippen LogP contribution in [0.3, 0.4) is 0 Å². The third kappa shape index (κ3) is 4.21. The molecule has 4 nitrogen and oxygen atoms in total. The van der Waals surface area contributed by atoms with Crippen LogP contribution in [0.1, 0.15) is 43.4 Å². The summed E-state index contributed by atoms with van der Waals surface area (Å²) in [6.45, 7) is 4.79. The Labute approximate surface area is 133 Å². The van der Waals surface area contributed by atoms with Crippen molar-refractivity contribution in [1.29, 1.82) is 0 Å². The summed E-state index contributed by atoms with van der Waals surface area (Å²) in [6.07, 6.45) is 7.59. The number of halogens is 1. The van der Waals surface area contributed by atoms with Gasteiger partial charge in [-0.25, -0.2) is 0 Å². The number of rotatable bonds is 7. The minimum atomic E-state index is 0.323. The molecule has 0 amide bonds. The molecule has 0 unspecified atom stereocenters. The van der Waals surface area contributed by atoms with Crippen LogP contribution in [0.4, 0.5) is 0 Å². The van der Waals surface area contributed by atoms with Gasteiger partial charge >= 0.3 is 0 Å². The lowest BCUT2D eigenvalue weighted by Crippen LogP contribution is -2.39. The van der Waals surface area contributed by atoms with Crippen LogP contribution in [0, 0.1) is 12.3 Å². The average Bonchev–Trinajstić information content (AvgIpc) is 2.71. The van der Waals surface area contributed by atoms with Crippen LogP contribution in [-0.4, -0.2) is 36.6 Å². The van der Waals surface area contributed by atoms with E-state index in [9.17, 15) is 0 Å². The third-order valence-corrected chi connectivity index (χ3v) is 5.19. The Balaban J connectivity index is 2.08. The van der Waals surface area contributed by atoms with Gasteiger partial charge in [-0.15, -0.1) is 0 Å². The number of aryl methyl sites for hydroxylation is 2. The van der Waals surface area contributed by atoms with Crippen LogP contribution < -0.4 is 5.32 Å². The van der Waals surface area contributed by atoms with Gasteiger partial charge in [-0.05, 0) is 31.6 Å². The van der Waals surface area contributed by atoms with E-state index < -0.39 is 0 Å². The molecule has 0 spiro atoms. The number of hydrogen-bond donors (Lipinski definition) is 1. The molecule has 1 N–H and O–H groups in total. The van der Waals surface area contributed by atoms with Crippen molar-refractivity contribution in [3.05, 3.63) is 16.4 Å². The smallest absolute Gasteiger partial charge is 0.130 e. The van der Waals surface area contributed by atoms with E-state index in [1.54, 1.807) is 11.8 Å². The minimum absolute atomic E-state index is 0.323. The summed E-state index contributed by atoms with van der Waals surface area (Å²) in [5.74, 6) is 0. The van der Waals surface area contributed by atoms with E-state index in [0.717, 1.165) is 37.0 Å². The molecule has 1 aliphatic carbocycles. The van der Waals surface area contributed by atoms with Gasteiger partial charge < -0.3 is 10.1 Å². The summed E-state index contributed by atoms with van der Waals surface area (Å²) in [5.41, 5.74) is 2.63. The lowest BCUT2D eigenvalue weighted by molar-refractivity contribution is 0.162. The number of nitrogens with zero attached hydrogens (tertiary/aromatic N) is 2. The van der Waals surface area contributed by atoms with Crippen LogP contribution >= 0.6 is 11.6 Å². The molecule has 0 atom stereocenters. The van der Waals surface area contributed by atoms with E-state index in [-0.39, 0.29) is 0 Å². The lowest BCUT2D eigenvalue weighted by atomic mass is 9.70. The molecule has 1 heterocycles. The van der Waals surface area contributed by atoms with Crippen molar-refractivity contribution in [2.24, 2.45) is 12.5 Å². The van der Waals surface area contributed by atoms with Gasteiger partial charge in [0.15, 0.2) is 0 Å². The summed E-state index contributed by atoms with van der Waals surface area (Å²) < 4.78 is 6.92. The zero-order valence-corrected chi connectivity index (χ0v) is 14.3. The van der Waals surface area contributed by atoms with Crippen molar-refractivity contribution < 1.29 is 4.74 Å². The maximum Gasteiger partial charge on any atom is 0.130 e. The molecule has 120 valence electrons. The van der Waals surface area contributed by atoms with Gasteiger partial charge in [-0.1, -0.05) is 30.9 Å². The molecule has 5 heteroatoms. The standard InChI is InChI=1S/C16H28ClN3O/c1-13-14(15(17)20(2)19-13)11-16(7-5-4-6-8-16)12-18-9-10-21-3/h18H,4-12H2,1-3H3. The van der Waals surface area contributed by atoms with Gasteiger partial charge in [0.25, 0.3) is 0 Å². The molecule has 0 bridgehead atoms. The van der Waals surface area contributed by atoms with Crippen LogP contribution in [0.25, 0.3) is 0 Å². The summed E-state index contributed by atoms with van der Waals surface area (Å²) >= 11 is 6.44. The fourth-order valence-electron chi connectivity index (χ4n) is 3.50. The van der Waals surface area contributed by atoms with Crippen LogP contribution in [-0.2, 0) is 18.2 Å². The van der Waals surface area contributed by atoms with E-state index >= 15 is 0 Å². The first-order valence-corrected chi connectivity index (χ1v) is 8.33. The Morgan fingerprint density at radius 3 is 2.62 bits per heavy atom. The summed E-state index contributed by atoms with van der Waals surface area (Å²) in [5, 5.41) is 8.83. The number of nitrogens with one attached hydrogen (secondary N) is 1. The average molecular weight is 314 g/mol. The lowest BCUT2D eigenvalue weighted by Gasteiger charge is -2.38. The number of ether oxygens (including phenoxy) is 1. The normalized spacial score (nSPS) is 18.1. The highest BCUT2D eigenvalue weighted by molar-refractivity contribution is 6.30. The fraction of sp³-hybridized carbons (Fsp3) is 0.812. The van der Waals surface area contributed by atoms with Crippen LogP contribution in [0.15, 0.2) is 0 Å². The molecule has 0 aliphatic heterocycles. The van der Waals surface area contributed by atoms with Crippen molar-refractivity contribution in [2.45, 2.75) is 45.4 Å². The van der Waals surface area contributed by atoms with Crippen molar-refractivity contribution in [2.75, 3.05) is 26.8 Å². The van der Waals surface area contributed by atoms with Crippen molar-refractivity contribution in [3.8, 4) is 0 Å². The quantitative estimate of drug-likeness (QED) is 0.786. The zero-order chi connectivity index (χ0) is 15.3. The molecule has 1 fully saturated rings. The van der Waals surface area contributed by atoms with Gasteiger partial charge in [0.1, 0.15) is 5.15 Å².